The second-order valence-corrected chi connectivity index (χ2v) is 7.39. The summed E-state index contributed by atoms with van der Waals surface area (Å²) in [7, 11) is 3.93. The Morgan fingerprint density at radius 1 is 1.38 bits per heavy atom. The Balaban J connectivity index is 1.98. The Labute approximate surface area is 132 Å². The van der Waals surface area contributed by atoms with Crippen molar-refractivity contribution < 1.29 is 4.74 Å². The molecule has 0 atom stereocenters. The van der Waals surface area contributed by atoms with Crippen LogP contribution < -0.4 is 10.2 Å². The molecule has 0 amide bonds. The summed E-state index contributed by atoms with van der Waals surface area (Å²) in [6, 6.07) is 0. The number of rotatable bonds is 6. The molecule has 1 saturated heterocycles. The highest BCUT2D eigenvalue weighted by Gasteiger charge is 2.32. The van der Waals surface area contributed by atoms with Crippen LogP contribution in [0, 0.1) is 6.92 Å². The van der Waals surface area contributed by atoms with E-state index in [1.165, 1.54) is 4.88 Å². The summed E-state index contributed by atoms with van der Waals surface area (Å²) in [6.45, 7) is 12.4. The molecule has 1 N–H and O–H groups in total. The molecule has 1 fully saturated rings. The van der Waals surface area contributed by atoms with E-state index in [-0.39, 0.29) is 5.54 Å². The molecule has 0 bridgehead atoms. The summed E-state index contributed by atoms with van der Waals surface area (Å²) < 4.78 is 5.06. The largest absolute Gasteiger partial charge is 0.383 e. The summed E-state index contributed by atoms with van der Waals surface area (Å²) in [5.74, 6) is 0. The first kappa shape index (κ1) is 16.7. The van der Waals surface area contributed by atoms with Gasteiger partial charge in [0.2, 0.25) is 0 Å². The molecule has 2 rings (SSSR count). The first-order valence-electron chi connectivity index (χ1n) is 7.56. The zero-order chi connectivity index (χ0) is 15.5. The van der Waals surface area contributed by atoms with Gasteiger partial charge < -0.3 is 15.0 Å². The van der Waals surface area contributed by atoms with Gasteiger partial charge in [-0.25, -0.2) is 4.98 Å². The number of aryl methyl sites for hydroxylation is 1. The third-order valence-corrected chi connectivity index (χ3v) is 5.46. The zero-order valence-electron chi connectivity index (χ0n) is 13.9. The zero-order valence-corrected chi connectivity index (χ0v) is 14.7. The molecule has 2 heterocycles. The molecule has 0 spiro atoms. The van der Waals surface area contributed by atoms with E-state index in [1.807, 2.05) is 11.3 Å². The first-order chi connectivity index (χ1) is 9.94. The van der Waals surface area contributed by atoms with Crippen molar-refractivity contribution in [1.29, 1.82) is 0 Å². The highest BCUT2D eigenvalue weighted by atomic mass is 32.1. The molecule has 1 aromatic rings. The van der Waals surface area contributed by atoms with Crippen LogP contribution in [0.15, 0.2) is 0 Å². The second-order valence-electron chi connectivity index (χ2n) is 6.33. The summed E-state index contributed by atoms with van der Waals surface area (Å²) >= 11 is 1.82. The average Bonchev–Trinajstić information content (AvgIpc) is 2.79. The Hall–Kier alpha value is -0.690. The van der Waals surface area contributed by atoms with E-state index in [0.717, 1.165) is 50.2 Å². The van der Waals surface area contributed by atoms with Crippen LogP contribution in [0.4, 0.5) is 5.13 Å². The standard InChI is InChI=1S/C15H28N4OS/c1-12-13(10-16-6-9-20-5)21-14(17-12)19-8-7-18(4)15(2,3)11-19/h16H,6-11H2,1-5H3. The highest BCUT2D eigenvalue weighted by molar-refractivity contribution is 7.15. The van der Waals surface area contributed by atoms with Crippen molar-refractivity contribution in [1.82, 2.24) is 15.2 Å². The van der Waals surface area contributed by atoms with E-state index >= 15 is 0 Å². The first-order valence-corrected chi connectivity index (χ1v) is 8.38. The monoisotopic (exact) mass is 312 g/mol. The van der Waals surface area contributed by atoms with Gasteiger partial charge in [0.25, 0.3) is 0 Å². The molecular weight excluding hydrogens is 284 g/mol. The lowest BCUT2D eigenvalue weighted by atomic mass is 10.0. The molecule has 0 aliphatic carbocycles. The third kappa shape index (κ3) is 4.16. The highest BCUT2D eigenvalue weighted by Crippen LogP contribution is 2.30. The Bertz CT molecular complexity index is 461. The lowest BCUT2D eigenvalue weighted by molar-refractivity contribution is 0.139. The Kier molecular flexibility index (Phi) is 5.60. The van der Waals surface area contributed by atoms with E-state index in [0.29, 0.717) is 0 Å². The third-order valence-electron chi connectivity index (χ3n) is 4.24. The average molecular weight is 312 g/mol. The van der Waals surface area contributed by atoms with Gasteiger partial charge in [-0.3, -0.25) is 4.90 Å². The lowest BCUT2D eigenvalue weighted by Crippen LogP contribution is -2.57. The molecule has 6 heteroatoms. The number of nitrogens with one attached hydrogen (secondary N) is 1. The summed E-state index contributed by atoms with van der Waals surface area (Å²) in [5, 5.41) is 4.57. The predicted molar refractivity (Wildman–Crippen MR) is 89.4 cm³/mol. The van der Waals surface area contributed by atoms with Crippen LogP contribution in [-0.4, -0.2) is 62.4 Å². The van der Waals surface area contributed by atoms with Crippen molar-refractivity contribution in [2.45, 2.75) is 32.9 Å². The van der Waals surface area contributed by atoms with Gasteiger partial charge in [0, 0.05) is 50.2 Å². The summed E-state index contributed by atoms with van der Waals surface area (Å²) in [6.07, 6.45) is 0. The minimum Gasteiger partial charge on any atom is -0.383 e. The van der Waals surface area contributed by atoms with Crippen LogP contribution in [-0.2, 0) is 11.3 Å². The molecule has 0 aromatic carbocycles. The molecule has 1 aliphatic heterocycles. The van der Waals surface area contributed by atoms with Crippen LogP contribution in [0.3, 0.4) is 0 Å². The van der Waals surface area contributed by atoms with E-state index in [1.54, 1.807) is 7.11 Å². The maximum absolute atomic E-state index is 5.06. The van der Waals surface area contributed by atoms with Gasteiger partial charge in [-0.2, -0.15) is 0 Å². The predicted octanol–water partition coefficient (Wildman–Crippen LogP) is 1.72. The maximum Gasteiger partial charge on any atom is 0.185 e. The van der Waals surface area contributed by atoms with Gasteiger partial charge in [-0.1, -0.05) is 0 Å². The SMILES string of the molecule is COCCNCc1sc(N2CCN(C)C(C)(C)C2)nc1C. The number of aromatic nitrogens is 1. The van der Waals surface area contributed by atoms with Crippen molar-refractivity contribution in [3.63, 3.8) is 0 Å². The molecule has 120 valence electrons. The fourth-order valence-corrected chi connectivity index (χ4v) is 3.55. The van der Waals surface area contributed by atoms with Gasteiger partial charge >= 0.3 is 0 Å². The fourth-order valence-electron chi connectivity index (χ4n) is 2.49. The van der Waals surface area contributed by atoms with Crippen LogP contribution in [0.5, 0.6) is 0 Å². The Morgan fingerprint density at radius 3 is 2.81 bits per heavy atom. The molecule has 1 aromatic heterocycles. The Morgan fingerprint density at radius 2 is 2.14 bits per heavy atom. The van der Waals surface area contributed by atoms with Crippen LogP contribution in [0.2, 0.25) is 0 Å². The smallest absolute Gasteiger partial charge is 0.185 e. The van der Waals surface area contributed by atoms with Gasteiger partial charge in [0.05, 0.1) is 12.3 Å². The summed E-state index contributed by atoms with van der Waals surface area (Å²) in [4.78, 5) is 11.0. The number of likely N-dealkylation sites (N-methyl/N-ethyl adjacent to an activating group) is 1. The van der Waals surface area contributed by atoms with Crippen molar-refractivity contribution in [3.05, 3.63) is 10.6 Å². The van der Waals surface area contributed by atoms with Crippen molar-refractivity contribution in [2.75, 3.05) is 51.8 Å². The molecule has 0 unspecified atom stereocenters. The van der Waals surface area contributed by atoms with Crippen LogP contribution >= 0.6 is 11.3 Å². The number of anilines is 1. The number of hydrogen-bond acceptors (Lipinski definition) is 6. The normalized spacial score (nSPS) is 19.2. The number of hydrogen-bond donors (Lipinski definition) is 1. The maximum atomic E-state index is 5.06. The topological polar surface area (TPSA) is 40.6 Å². The van der Waals surface area contributed by atoms with Crippen molar-refractivity contribution in [2.24, 2.45) is 0 Å². The molecule has 0 radical (unpaired) electrons. The van der Waals surface area contributed by atoms with Gasteiger partial charge in [0.1, 0.15) is 0 Å². The minimum absolute atomic E-state index is 0.203. The van der Waals surface area contributed by atoms with E-state index in [2.05, 4.69) is 42.9 Å². The lowest BCUT2D eigenvalue weighted by Gasteiger charge is -2.45. The van der Waals surface area contributed by atoms with Crippen molar-refractivity contribution >= 4 is 16.5 Å². The van der Waals surface area contributed by atoms with Gasteiger partial charge in [0.15, 0.2) is 5.13 Å². The van der Waals surface area contributed by atoms with Crippen LogP contribution in [0.25, 0.3) is 0 Å². The molecule has 0 saturated carbocycles. The number of thiazole rings is 1. The van der Waals surface area contributed by atoms with Gasteiger partial charge in [-0.05, 0) is 27.8 Å². The number of ether oxygens (including phenoxy) is 1. The molecule has 5 nitrogen and oxygen atoms in total. The molecular formula is C15H28N4OS. The second kappa shape index (κ2) is 7.05. The molecule has 1 aliphatic rings. The van der Waals surface area contributed by atoms with Crippen LogP contribution in [0.1, 0.15) is 24.4 Å². The minimum atomic E-state index is 0.203. The van der Waals surface area contributed by atoms with E-state index < -0.39 is 0 Å². The fraction of sp³-hybridized carbons (Fsp3) is 0.800. The van der Waals surface area contributed by atoms with Crippen molar-refractivity contribution in [3.8, 4) is 0 Å². The van der Waals surface area contributed by atoms with E-state index in [4.69, 9.17) is 9.72 Å². The summed E-state index contributed by atoms with van der Waals surface area (Å²) in [5.41, 5.74) is 1.35. The number of piperazine rings is 1. The number of methoxy groups -OCH3 is 1. The van der Waals surface area contributed by atoms with E-state index in [9.17, 15) is 0 Å². The van der Waals surface area contributed by atoms with Gasteiger partial charge in [-0.15, -0.1) is 11.3 Å². The number of nitrogens with zero attached hydrogens (tertiary/aromatic N) is 3. The quantitative estimate of drug-likeness (QED) is 0.810. The molecule has 21 heavy (non-hydrogen) atoms.